The van der Waals surface area contributed by atoms with Crippen LogP contribution >= 0.6 is 0 Å². The van der Waals surface area contributed by atoms with E-state index in [0.717, 1.165) is 0 Å². The van der Waals surface area contributed by atoms with E-state index in [2.05, 4.69) is 6.58 Å². The SMILES string of the molecule is C=CN(CO)CC(=O)OC(C)(C)C. The normalized spacial score (nSPS) is 10.8. The third-order valence-corrected chi connectivity index (χ3v) is 1.19. The number of aliphatic hydroxyl groups excluding tert-OH is 1. The molecular weight excluding hydrogens is 170 g/mol. The maximum absolute atomic E-state index is 11.2. The average molecular weight is 187 g/mol. The van der Waals surface area contributed by atoms with E-state index in [1.807, 2.05) is 0 Å². The summed E-state index contributed by atoms with van der Waals surface area (Å²) in [5.41, 5.74) is -0.487. The highest BCUT2D eigenvalue weighted by Crippen LogP contribution is 2.07. The Morgan fingerprint density at radius 1 is 1.62 bits per heavy atom. The van der Waals surface area contributed by atoms with Gasteiger partial charge in [0.25, 0.3) is 0 Å². The van der Waals surface area contributed by atoms with Crippen LogP contribution in [0.25, 0.3) is 0 Å². The van der Waals surface area contributed by atoms with Crippen molar-refractivity contribution in [2.75, 3.05) is 13.3 Å². The molecule has 0 aromatic heterocycles. The summed E-state index contributed by atoms with van der Waals surface area (Å²) in [5.74, 6) is -0.374. The Morgan fingerprint density at radius 2 is 2.15 bits per heavy atom. The van der Waals surface area contributed by atoms with Crippen LogP contribution in [0.2, 0.25) is 0 Å². The van der Waals surface area contributed by atoms with Gasteiger partial charge in [0.2, 0.25) is 0 Å². The lowest BCUT2D eigenvalue weighted by Gasteiger charge is -2.22. The molecule has 0 saturated carbocycles. The van der Waals surface area contributed by atoms with Crippen LogP contribution in [-0.2, 0) is 9.53 Å². The standard InChI is InChI=1S/C9H17NO3/c1-5-10(7-11)6-8(12)13-9(2,3)4/h5,11H,1,6-7H2,2-4H3. The van der Waals surface area contributed by atoms with Crippen LogP contribution < -0.4 is 0 Å². The number of hydrogen-bond donors (Lipinski definition) is 1. The number of hydrogen-bond acceptors (Lipinski definition) is 4. The molecule has 76 valence electrons. The first-order valence-corrected chi connectivity index (χ1v) is 4.08. The highest BCUT2D eigenvalue weighted by Gasteiger charge is 2.17. The van der Waals surface area contributed by atoms with Gasteiger partial charge < -0.3 is 14.7 Å². The minimum absolute atomic E-state index is 0.0251. The molecule has 0 bridgehead atoms. The second kappa shape index (κ2) is 4.87. The van der Waals surface area contributed by atoms with Crippen molar-refractivity contribution >= 4 is 5.97 Å². The van der Waals surface area contributed by atoms with Gasteiger partial charge >= 0.3 is 5.97 Å². The summed E-state index contributed by atoms with van der Waals surface area (Å²) in [7, 11) is 0. The second-order valence-corrected chi connectivity index (χ2v) is 3.66. The fraction of sp³-hybridized carbons (Fsp3) is 0.667. The Hall–Kier alpha value is -1.03. The number of esters is 1. The van der Waals surface area contributed by atoms with Gasteiger partial charge in [-0.3, -0.25) is 4.79 Å². The smallest absolute Gasteiger partial charge is 0.326 e. The molecule has 0 unspecified atom stereocenters. The number of aliphatic hydroxyl groups is 1. The van der Waals surface area contributed by atoms with Crippen LogP contribution in [0.15, 0.2) is 12.8 Å². The van der Waals surface area contributed by atoms with Crippen LogP contribution in [0.4, 0.5) is 0 Å². The summed E-state index contributed by atoms with van der Waals surface area (Å²) in [4.78, 5) is 12.5. The molecule has 0 rings (SSSR count). The van der Waals surface area contributed by atoms with E-state index in [0.29, 0.717) is 0 Å². The molecule has 0 aliphatic heterocycles. The number of carbonyl (C=O) groups excluding carboxylic acids is 1. The third kappa shape index (κ3) is 6.16. The Bertz CT molecular complexity index is 184. The van der Waals surface area contributed by atoms with Crippen LogP contribution in [0, 0.1) is 0 Å². The van der Waals surface area contributed by atoms with Gasteiger partial charge in [0.05, 0.1) is 0 Å². The van der Waals surface area contributed by atoms with E-state index in [1.54, 1.807) is 20.8 Å². The molecule has 0 aromatic rings. The van der Waals surface area contributed by atoms with Crippen molar-refractivity contribution in [3.63, 3.8) is 0 Å². The summed E-state index contributed by atoms with van der Waals surface area (Å²) in [6.45, 7) is 8.61. The zero-order chi connectivity index (χ0) is 10.5. The van der Waals surface area contributed by atoms with Crippen LogP contribution in [0.1, 0.15) is 20.8 Å². The predicted molar refractivity (Wildman–Crippen MR) is 49.8 cm³/mol. The zero-order valence-corrected chi connectivity index (χ0v) is 8.41. The van der Waals surface area contributed by atoms with Crippen molar-refractivity contribution < 1.29 is 14.6 Å². The maximum atomic E-state index is 11.2. The molecule has 0 atom stereocenters. The minimum Gasteiger partial charge on any atom is -0.459 e. The number of rotatable bonds is 4. The van der Waals surface area contributed by atoms with Gasteiger partial charge in [-0.15, -0.1) is 0 Å². The first kappa shape index (κ1) is 12.0. The average Bonchev–Trinajstić information content (AvgIpc) is 1.96. The molecule has 0 radical (unpaired) electrons. The van der Waals surface area contributed by atoms with E-state index < -0.39 is 5.60 Å². The van der Waals surface area contributed by atoms with Crippen LogP contribution in [0.5, 0.6) is 0 Å². The van der Waals surface area contributed by atoms with Gasteiger partial charge in [-0.1, -0.05) is 6.58 Å². The first-order chi connectivity index (χ1) is 5.89. The molecule has 0 amide bonds. The second-order valence-electron chi connectivity index (χ2n) is 3.66. The molecule has 0 fully saturated rings. The minimum atomic E-state index is -0.487. The van der Waals surface area contributed by atoms with Crippen molar-refractivity contribution in [3.8, 4) is 0 Å². The van der Waals surface area contributed by atoms with E-state index in [4.69, 9.17) is 9.84 Å². The molecule has 0 saturated heterocycles. The van der Waals surface area contributed by atoms with Gasteiger partial charge in [-0.2, -0.15) is 0 Å². The van der Waals surface area contributed by atoms with Crippen LogP contribution in [-0.4, -0.2) is 34.9 Å². The Morgan fingerprint density at radius 3 is 2.46 bits per heavy atom. The van der Waals surface area contributed by atoms with Gasteiger partial charge in [-0.05, 0) is 27.0 Å². The van der Waals surface area contributed by atoms with E-state index in [9.17, 15) is 4.79 Å². The molecule has 0 heterocycles. The van der Waals surface area contributed by atoms with Crippen molar-refractivity contribution in [3.05, 3.63) is 12.8 Å². The molecular formula is C9H17NO3. The number of ether oxygens (including phenoxy) is 1. The highest BCUT2D eigenvalue weighted by molar-refractivity contribution is 5.72. The monoisotopic (exact) mass is 187 g/mol. The summed E-state index contributed by atoms with van der Waals surface area (Å²) in [6, 6.07) is 0. The van der Waals surface area contributed by atoms with E-state index in [1.165, 1.54) is 11.1 Å². The van der Waals surface area contributed by atoms with Gasteiger partial charge in [-0.25, -0.2) is 0 Å². The fourth-order valence-electron chi connectivity index (χ4n) is 0.712. The molecule has 0 aliphatic rings. The summed E-state index contributed by atoms with van der Waals surface area (Å²) < 4.78 is 5.03. The Kier molecular flexibility index (Phi) is 4.48. The fourth-order valence-corrected chi connectivity index (χ4v) is 0.712. The quantitative estimate of drug-likeness (QED) is 0.520. The molecule has 13 heavy (non-hydrogen) atoms. The third-order valence-electron chi connectivity index (χ3n) is 1.19. The first-order valence-electron chi connectivity index (χ1n) is 4.08. The van der Waals surface area contributed by atoms with Gasteiger partial charge in [0.1, 0.15) is 18.9 Å². The van der Waals surface area contributed by atoms with Crippen LogP contribution in [0.3, 0.4) is 0 Å². The van der Waals surface area contributed by atoms with Crippen molar-refractivity contribution in [2.24, 2.45) is 0 Å². The molecule has 4 nitrogen and oxygen atoms in total. The largest absolute Gasteiger partial charge is 0.459 e. The molecule has 0 aliphatic carbocycles. The zero-order valence-electron chi connectivity index (χ0n) is 8.41. The summed E-state index contributed by atoms with van der Waals surface area (Å²) in [6.07, 6.45) is 1.39. The van der Waals surface area contributed by atoms with E-state index >= 15 is 0 Å². The molecule has 4 heteroatoms. The summed E-state index contributed by atoms with van der Waals surface area (Å²) >= 11 is 0. The predicted octanol–water partition coefficient (Wildman–Crippen LogP) is 0.723. The molecule has 1 N–H and O–H groups in total. The molecule has 0 spiro atoms. The topological polar surface area (TPSA) is 49.8 Å². The summed E-state index contributed by atoms with van der Waals surface area (Å²) in [5, 5.41) is 8.72. The lowest BCUT2D eigenvalue weighted by molar-refractivity contribution is -0.156. The van der Waals surface area contributed by atoms with Gasteiger partial charge in [0.15, 0.2) is 0 Å². The van der Waals surface area contributed by atoms with E-state index in [-0.39, 0.29) is 19.2 Å². The van der Waals surface area contributed by atoms with Crippen molar-refractivity contribution in [1.29, 1.82) is 0 Å². The molecule has 0 aromatic carbocycles. The number of carbonyl (C=O) groups is 1. The van der Waals surface area contributed by atoms with Crippen molar-refractivity contribution in [2.45, 2.75) is 26.4 Å². The van der Waals surface area contributed by atoms with Gasteiger partial charge in [0, 0.05) is 0 Å². The lowest BCUT2D eigenvalue weighted by Crippen LogP contribution is -2.32. The Balaban J connectivity index is 3.93. The lowest BCUT2D eigenvalue weighted by atomic mass is 10.2. The maximum Gasteiger partial charge on any atom is 0.326 e. The highest BCUT2D eigenvalue weighted by atomic mass is 16.6. The Labute approximate surface area is 78.8 Å². The number of nitrogens with zero attached hydrogens (tertiary/aromatic N) is 1. The van der Waals surface area contributed by atoms with Crippen molar-refractivity contribution in [1.82, 2.24) is 4.90 Å².